The molecule has 0 aliphatic carbocycles. The third-order valence-corrected chi connectivity index (χ3v) is 3.55. The van der Waals surface area contributed by atoms with Crippen molar-refractivity contribution >= 4 is 0 Å². The van der Waals surface area contributed by atoms with E-state index in [9.17, 15) is 4.39 Å². The highest BCUT2D eigenvalue weighted by Crippen LogP contribution is 2.38. The summed E-state index contributed by atoms with van der Waals surface area (Å²) in [6.07, 6.45) is -0.785. The molecule has 15 heavy (non-hydrogen) atoms. The number of halogens is 1. The zero-order valence-electron chi connectivity index (χ0n) is 11.1. The van der Waals surface area contributed by atoms with E-state index in [1.165, 1.54) is 0 Å². The Morgan fingerprint density at radius 3 is 1.93 bits per heavy atom. The Hall–Kier alpha value is -0.150. The predicted molar refractivity (Wildman–Crippen MR) is 62.9 cm³/mol. The standard InChI is InChI=1S/C12H25FN2/c1-11(2,3)15-8-9(14(6)7)10(13)12(15,4)5/h9-10H,8H2,1-7H3/t9-,10?/m1/s1. The Bertz CT molecular complexity index is 230. The van der Waals surface area contributed by atoms with Crippen LogP contribution >= 0.6 is 0 Å². The van der Waals surface area contributed by atoms with Gasteiger partial charge in [-0.2, -0.15) is 0 Å². The number of hydrogen-bond donors (Lipinski definition) is 0. The highest BCUT2D eigenvalue weighted by molar-refractivity contribution is 5.07. The fourth-order valence-electron chi connectivity index (χ4n) is 2.70. The first-order valence-corrected chi connectivity index (χ1v) is 5.66. The molecule has 0 bridgehead atoms. The molecule has 1 aliphatic heterocycles. The van der Waals surface area contributed by atoms with E-state index < -0.39 is 6.17 Å². The van der Waals surface area contributed by atoms with Crippen LogP contribution in [0.4, 0.5) is 4.39 Å². The van der Waals surface area contributed by atoms with Gasteiger partial charge < -0.3 is 4.90 Å². The summed E-state index contributed by atoms with van der Waals surface area (Å²) in [7, 11) is 3.92. The maximum absolute atomic E-state index is 14.3. The van der Waals surface area contributed by atoms with Crippen molar-refractivity contribution in [3.63, 3.8) is 0 Å². The molecule has 2 nitrogen and oxygen atoms in total. The first-order chi connectivity index (χ1) is 6.58. The van der Waals surface area contributed by atoms with Gasteiger partial charge >= 0.3 is 0 Å². The van der Waals surface area contributed by atoms with Gasteiger partial charge in [0.1, 0.15) is 6.17 Å². The zero-order chi connectivity index (χ0) is 12.0. The summed E-state index contributed by atoms with van der Waals surface area (Å²) in [6.45, 7) is 11.3. The molecular weight excluding hydrogens is 191 g/mol. The minimum Gasteiger partial charge on any atom is -0.302 e. The van der Waals surface area contributed by atoms with Gasteiger partial charge in [-0.05, 0) is 48.7 Å². The van der Waals surface area contributed by atoms with Gasteiger partial charge in [0.05, 0.1) is 6.04 Å². The van der Waals surface area contributed by atoms with Crippen molar-refractivity contribution in [1.82, 2.24) is 9.80 Å². The average Bonchev–Trinajstić information content (AvgIpc) is 2.22. The Balaban J connectivity index is 2.95. The molecule has 1 unspecified atom stereocenters. The van der Waals surface area contributed by atoms with E-state index in [2.05, 4.69) is 25.7 Å². The van der Waals surface area contributed by atoms with Gasteiger partial charge in [0.25, 0.3) is 0 Å². The maximum atomic E-state index is 14.3. The topological polar surface area (TPSA) is 6.48 Å². The van der Waals surface area contributed by atoms with Crippen LogP contribution in [0.15, 0.2) is 0 Å². The number of hydrogen-bond acceptors (Lipinski definition) is 2. The molecule has 0 N–H and O–H groups in total. The number of rotatable bonds is 1. The molecule has 0 radical (unpaired) electrons. The quantitative estimate of drug-likeness (QED) is 0.662. The van der Waals surface area contributed by atoms with Crippen LogP contribution in [0.2, 0.25) is 0 Å². The largest absolute Gasteiger partial charge is 0.302 e. The van der Waals surface area contributed by atoms with Crippen molar-refractivity contribution in [2.75, 3.05) is 20.6 Å². The molecule has 1 saturated heterocycles. The molecule has 90 valence electrons. The fraction of sp³-hybridized carbons (Fsp3) is 1.00. The van der Waals surface area contributed by atoms with Gasteiger partial charge in [0, 0.05) is 17.6 Å². The molecule has 0 aromatic rings. The Morgan fingerprint density at radius 1 is 1.27 bits per heavy atom. The summed E-state index contributed by atoms with van der Waals surface area (Å²) in [6, 6.07) is 0.0132. The monoisotopic (exact) mass is 216 g/mol. The van der Waals surface area contributed by atoms with Crippen LogP contribution in [-0.2, 0) is 0 Å². The van der Waals surface area contributed by atoms with E-state index in [0.29, 0.717) is 0 Å². The molecule has 1 heterocycles. The lowest BCUT2D eigenvalue weighted by molar-refractivity contribution is 0.0350. The maximum Gasteiger partial charge on any atom is 0.134 e. The molecule has 1 fully saturated rings. The van der Waals surface area contributed by atoms with Crippen molar-refractivity contribution in [3.8, 4) is 0 Å². The van der Waals surface area contributed by atoms with E-state index in [4.69, 9.17) is 0 Å². The smallest absolute Gasteiger partial charge is 0.134 e. The second kappa shape index (κ2) is 3.70. The first kappa shape index (κ1) is 12.9. The van der Waals surface area contributed by atoms with Crippen LogP contribution in [0.3, 0.4) is 0 Å². The van der Waals surface area contributed by atoms with Crippen LogP contribution in [-0.4, -0.2) is 53.7 Å². The normalized spacial score (nSPS) is 32.6. The number of likely N-dealkylation sites (N-methyl/N-ethyl adjacent to an activating group) is 1. The molecule has 2 atom stereocenters. The van der Waals surface area contributed by atoms with Gasteiger partial charge in [-0.15, -0.1) is 0 Å². The lowest BCUT2D eigenvalue weighted by Gasteiger charge is -2.42. The van der Waals surface area contributed by atoms with Crippen LogP contribution in [0, 0.1) is 0 Å². The van der Waals surface area contributed by atoms with Crippen molar-refractivity contribution < 1.29 is 4.39 Å². The summed E-state index contributed by atoms with van der Waals surface area (Å²) in [5.74, 6) is 0. The minimum atomic E-state index is -0.785. The SMILES string of the molecule is CN(C)[C@@H]1CN(C(C)(C)C)C(C)(C)C1F. The van der Waals surface area contributed by atoms with Gasteiger partial charge in [-0.1, -0.05) is 0 Å². The van der Waals surface area contributed by atoms with Crippen LogP contribution < -0.4 is 0 Å². The molecule has 0 spiro atoms. The van der Waals surface area contributed by atoms with Gasteiger partial charge in [0.15, 0.2) is 0 Å². The molecule has 1 aliphatic rings. The summed E-state index contributed by atoms with van der Waals surface area (Å²) in [5, 5.41) is 0. The Morgan fingerprint density at radius 2 is 1.73 bits per heavy atom. The molecule has 0 saturated carbocycles. The Labute approximate surface area is 93.4 Å². The molecule has 0 amide bonds. The minimum absolute atomic E-state index is 0.0132. The second-order valence-corrected chi connectivity index (χ2v) is 6.37. The molecular formula is C12H25FN2. The summed E-state index contributed by atoms with van der Waals surface area (Å²) in [4.78, 5) is 4.27. The van der Waals surface area contributed by atoms with E-state index in [1.807, 2.05) is 32.8 Å². The molecule has 0 aromatic heterocycles. The van der Waals surface area contributed by atoms with Gasteiger partial charge in [-0.3, -0.25) is 4.90 Å². The third kappa shape index (κ3) is 2.18. The van der Waals surface area contributed by atoms with Crippen LogP contribution in [0.5, 0.6) is 0 Å². The van der Waals surface area contributed by atoms with E-state index in [-0.39, 0.29) is 17.1 Å². The predicted octanol–water partition coefficient (Wildman–Crippen LogP) is 2.15. The summed E-state index contributed by atoms with van der Waals surface area (Å²) >= 11 is 0. The lowest BCUT2D eigenvalue weighted by Crippen LogP contribution is -2.52. The van der Waals surface area contributed by atoms with Crippen molar-refractivity contribution in [2.24, 2.45) is 0 Å². The zero-order valence-corrected chi connectivity index (χ0v) is 11.1. The van der Waals surface area contributed by atoms with Crippen LogP contribution in [0.25, 0.3) is 0 Å². The Kier molecular flexibility index (Phi) is 3.19. The molecule has 3 heteroatoms. The first-order valence-electron chi connectivity index (χ1n) is 5.66. The number of nitrogens with zero attached hydrogens (tertiary/aromatic N) is 2. The number of alkyl halides is 1. The molecule has 1 rings (SSSR count). The van der Waals surface area contributed by atoms with E-state index in [0.717, 1.165) is 6.54 Å². The molecule has 0 aromatic carbocycles. The van der Waals surface area contributed by atoms with E-state index >= 15 is 0 Å². The van der Waals surface area contributed by atoms with Gasteiger partial charge in [0.2, 0.25) is 0 Å². The second-order valence-electron chi connectivity index (χ2n) is 6.37. The summed E-state index contributed by atoms with van der Waals surface area (Å²) < 4.78 is 14.3. The fourth-order valence-corrected chi connectivity index (χ4v) is 2.70. The lowest BCUT2D eigenvalue weighted by atomic mass is 9.93. The van der Waals surface area contributed by atoms with Crippen molar-refractivity contribution in [3.05, 3.63) is 0 Å². The van der Waals surface area contributed by atoms with Crippen molar-refractivity contribution in [2.45, 2.75) is 57.9 Å². The average molecular weight is 216 g/mol. The number of likely N-dealkylation sites (tertiary alicyclic amines) is 1. The highest BCUT2D eigenvalue weighted by atomic mass is 19.1. The highest BCUT2D eigenvalue weighted by Gasteiger charge is 2.52. The van der Waals surface area contributed by atoms with Gasteiger partial charge in [-0.25, -0.2) is 4.39 Å². The van der Waals surface area contributed by atoms with Crippen molar-refractivity contribution in [1.29, 1.82) is 0 Å². The van der Waals surface area contributed by atoms with Crippen LogP contribution in [0.1, 0.15) is 34.6 Å². The van der Waals surface area contributed by atoms with E-state index in [1.54, 1.807) is 0 Å². The third-order valence-electron chi connectivity index (χ3n) is 3.55. The summed E-state index contributed by atoms with van der Waals surface area (Å²) in [5.41, 5.74) is -0.341.